The molecular weight excluding hydrogens is 302 g/mol. The molecule has 1 saturated heterocycles. The van der Waals surface area contributed by atoms with Crippen molar-refractivity contribution in [3.8, 4) is 5.75 Å². The number of sulfone groups is 1. The number of likely N-dealkylation sites (tertiary alicyclic amines) is 1. The fourth-order valence-corrected chi connectivity index (χ4v) is 3.44. The molecule has 110 valence electrons. The normalized spacial score (nSPS) is 19.1. The second-order valence-electron chi connectivity index (χ2n) is 4.84. The number of amides is 1. The second kappa shape index (κ2) is 5.61. The summed E-state index contributed by atoms with van der Waals surface area (Å²) < 4.78 is 28.2. The Morgan fingerprint density at radius 1 is 1.45 bits per heavy atom. The number of hydrogen-bond donors (Lipinski definition) is 0. The average molecular weight is 318 g/mol. The third-order valence-electron chi connectivity index (χ3n) is 3.43. The molecule has 0 aromatic heterocycles. The van der Waals surface area contributed by atoms with Crippen LogP contribution in [0.4, 0.5) is 0 Å². The van der Waals surface area contributed by atoms with Crippen LogP contribution in [0.5, 0.6) is 5.75 Å². The maximum Gasteiger partial charge on any atom is 0.257 e. The smallest absolute Gasteiger partial charge is 0.257 e. The Morgan fingerprint density at radius 3 is 2.70 bits per heavy atom. The molecule has 0 saturated carbocycles. The van der Waals surface area contributed by atoms with Crippen molar-refractivity contribution in [3.05, 3.63) is 28.8 Å². The van der Waals surface area contributed by atoms with Gasteiger partial charge in [0.15, 0.2) is 9.84 Å². The van der Waals surface area contributed by atoms with E-state index in [0.29, 0.717) is 29.3 Å². The fraction of sp³-hybridized carbons (Fsp3) is 0.462. The number of carbonyl (C=O) groups is 1. The number of carbonyl (C=O) groups excluding carboxylic acids is 1. The molecule has 1 aliphatic rings. The standard InChI is InChI=1S/C13H16ClNO4S/c1-19-12-4-3-9(14)7-11(12)13(16)15-6-5-10(8-15)20(2,17)18/h3-4,7,10H,5-6,8H2,1-2H3/t10-/m1/s1. The predicted octanol–water partition coefficient (Wildman–Crippen LogP) is 1.61. The first-order valence-electron chi connectivity index (χ1n) is 6.14. The van der Waals surface area contributed by atoms with Crippen LogP contribution >= 0.6 is 11.6 Å². The first kappa shape index (κ1) is 15.1. The number of benzene rings is 1. The van der Waals surface area contributed by atoms with Gasteiger partial charge in [-0.25, -0.2) is 8.42 Å². The topological polar surface area (TPSA) is 63.7 Å². The Kier molecular flexibility index (Phi) is 4.25. The van der Waals surface area contributed by atoms with E-state index in [4.69, 9.17) is 16.3 Å². The van der Waals surface area contributed by atoms with Crippen molar-refractivity contribution in [3.63, 3.8) is 0 Å². The van der Waals surface area contributed by atoms with Gasteiger partial charge in [0.25, 0.3) is 5.91 Å². The summed E-state index contributed by atoms with van der Waals surface area (Å²) in [5.74, 6) is 0.178. The van der Waals surface area contributed by atoms with Crippen LogP contribution in [-0.4, -0.2) is 50.9 Å². The van der Waals surface area contributed by atoms with Crippen molar-refractivity contribution >= 4 is 27.3 Å². The van der Waals surface area contributed by atoms with Gasteiger partial charge >= 0.3 is 0 Å². The molecule has 2 rings (SSSR count). The van der Waals surface area contributed by atoms with Crippen molar-refractivity contribution in [1.29, 1.82) is 0 Å². The monoisotopic (exact) mass is 317 g/mol. The van der Waals surface area contributed by atoms with Gasteiger partial charge in [-0.1, -0.05) is 11.6 Å². The minimum Gasteiger partial charge on any atom is -0.496 e. The number of methoxy groups -OCH3 is 1. The lowest BCUT2D eigenvalue weighted by atomic mass is 10.1. The van der Waals surface area contributed by atoms with Gasteiger partial charge in [-0.05, 0) is 24.6 Å². The SMILES string of the molecule is COc1ccc(Cl)cc1C(=O)N1CC[C@@H](S(C)(=O)=O)C1. The second-order valence-corrected chi connectivity index (χ2v) is 7.60. The third-order valence-corrected chi connectivity index (χ3v) is 5.26. The summed E-state index contributed by atoms with van der Waals surface area (Å²) in [6.45, 7) is 0.638. The summed E-state index contributed by atoms with van der Waals surface area (Å²) >= 11 is 5.90. The van der Waals surface area contributed by atoms with Crippen LogP contribution in [0.25, 0.3) is 0 Å². The van der Waals surface area contributed by atoms with E-state index in [1.54, 1.807) is 12.1 Å². The highest BCUT2D eigenvalue weighted by molar-refractivity contribution is 7.91. The summed E-state index contributed by atoms with van der Waals surface area (Å²) in [5.41, 5.74) is 0.356. The number of rotatable bonds is 3. The average Bonchev–Trinajstić information content (AvgIpc) is 2.87. The quantitative estimate of drug-likeness (QED) is 0.849. The van der Waals surface area contributed by atoms with Crippen LogP contribution in [0, 0.1) is 0 Å². The van der Waals surface area contributed by atoms with Crippen LogP contribution in [0.2, 0.25) is 5.02 Å². The molecule has 20 heavy (non-hydrogen) atoms. The lowest BCUT2D eigenvalue weighted by molar-refractivity contribution is 0.0790. The molecule has 1 atom stereocenters. The van der Waals surface area contributed by atoms with E-state index in [9.17, 15) is 13.2 Å². The molecule has 1 heterocycles. The Morgan fingerprint density at radius 2 is 2.15 bits per heavy atom. The summed E-state index contributed by atoms with van der Waals surface area (Å²) in [6.07, 6.45) is 1.67. The Hall–Kier alpha value is -1.27. The number of hydrogen-bond acceptors (Lipinski definition) is 4. The van der Waals surface area contributed by atoms with Gasteiger partial charge in [0.2, 0.25) is 0 Å². The molecule has 0 spiro atoms. The summed E-state index contributed by atoms with van der Waals surface area (Å²) in [5, 5.41) is -0.0513. The van der Waals surface area contributed by atoms with Crippen LogP contribution in [0.1, 0.15) is 16.8 Å². The van der Waals surface area contributed by atoms with E-state index in [2.05, 4.69) is 0 Å². The lowest BCUT2D eigenvalue weighted by Crippen LogP contribution is -2.31. The zero-order chi connectivity index (χ0) is 14.9. The maximum absolute atomic E-state index is 12.4. The Bertz CT molecular complexity index is 629. The van der Waals surface area contributed by atoms with Gasteiger partial charge in [0.05, 0.1) is 17.9 Å². The van der Waals surface area contributed by atoms with Crippen molar-refractivity contribution in [2.24, 2.45) is 0 Å². The molecule has 0 N–H and O–H groups in total. The highest BCUT2D eigenvalue weighted by atomic mass is 35.5. The molecule has 1 aliphatic heterocycles. The number of ether oxygens (including phenoxy) is 1. The molecular formula is C13H16ClNO4S. The van der Waals surface area contributed by atoms with E-state index < -0.39 is 15.1 Å². The van der Waals surface area contributed by atoms with E-state index in [1.807, 2.05) is 0 Å². The van der Waals surface area contributed by atoms with Crippen LogP contribution in [0.15, 0.2) is 18.2 Å². The zero-order valence-electron chi connectivity index (χ0n) is 11.3. The van der Waals surface area contributed by atoms with Gasteiger partial charge in [-0.3, -0.25) is 4.79 Å². The fourth-order valence-electron chi connectivity index (χ4n) is 2.28. The van der Waals surface area contributed by atoms with E-state index in [0.717, 1.165) is 0 Å². The number of nitrogens with zero attached hydrogens (tertiary/aromatic N) is 1. The molecule has 0 bridgehead atoms. The van der Waals surface area contributed by atoms with Gasteiger partial charge in [-0.15, -0.1) is 0 Å². The Balaban J connectivity index is 2.23. The molecule has 1 aromatic rings. The zero-order valence-corrected chi connectivity index (χ0v) is 12.9. The highest BCUT2D eigenvalue weighted by Gasteiger charge is 2.33. The molecule has 1 fully saturated rings. The molecule has 5 nitrogen and oxygen atoms in total. The van der Waals surface area contributed by atoms with Gasteiger partial charge in [-0.2, -0.15) is 0 Å². The highest BCUT2D eigenvalue weighted by Crippen LogP contribution is 2.26. The van der Waals surface area contributed by atoms with Crippen molar-refractivity contribution in [1.82, 2.24) is 4.90 Å². The maximum atomic E-state index is 12.4. The minimum absolute atomic E-state index is 0.216. The van der Waals surface area contributed by atoms with Crippen LogP contribution < -0.4 is 4.74 Å². The lowest BCUT2D eigenvalue weighted by Gasteiger charge is -2.18. The molecule has 7 heteroatoms. The molecule has 1 aromatic carbocycles. The van der Waals surface area contributed by atoms with Crippen molar-refractivity contribution in [2.75, 3.05) is 26.5 Å². The van der Waals surface area contributed by atoms with E-state index >= 15 is 0 Å². The molecule has 1 amide bonds. The van der Waals surface area contributed by atoms with Gasteiger partial charge < -0.3 is 9.64 Å². The van der Waals surface area contributed by atoms with Crippen LogP contribution in [-0.2, 0) is 9.84 Å². The predicted molar refractivity (Wildman–Crippen MR) is 77.2 cm³/mol. The largest absolute Gasteiger partial charge is 0.496 e. The van der Waals surface area contributed by atoms with E-state index in [1.165, 1.54) is 24.3 Å². The number of halogens is 1. The van der Waals surface area contributed by atoms with E-state index in [-0.39, 0.29) is 12.5 Å². The first-order valence-corrected chi connectivity index (χ1v) is 8.48. The van der Waals surface area contributed by atoms with Gasteiger partial charge in [0.1, 0.15) is 5.75 Å². The van der Waals surface area contributed by atoms with Crippen molar-refractivity contribution < 1.29 is 17.9 Å². The Labute approximate surface area is 123 Å². The summed E-state index contributed by atoms with van der Waals surface area (Å²) in [6, 6.07) is 4.80. The van der Waals surface area contributed by atoms with Gasteiger partial charge in [0, 0.05) is 24.4 Å². The molecule has 0 aliphatic carbocycles. The first-order chi connectivity index (χ1) is 9.32. The van der Waals surface area contributed by atoms with Crippen LogP contribution in [0.3, 0.4) is 0 Å². The third kappa shape index (κ3) is 3.07. The van der Waals surface area contributed by atoms with Crippen molar-refractivity contribution in [2.45, 2.75) is 11.7 Å². The summed E-state index contributed by atoms with van der Waals surface area (Å²) in [4.78, 5) is 14.0. The molecule has 0 unspecified atom stereocenters. The molecule has 0 radical (unpaired) electrons. The summed E-state index contributed by atoms with van der Waals surface area (Å²) in [7, 11) is -1.65. The minimum atomic E-state index is -3.13.